The molecule has 2 aliphatic heterocycles. The number of amides is 3. The van der Waals surface area contributed by atoms with Gasteiger partial charge < -0.3 is 14.8 Å². The standard InChI is InChI=1S/C33H33F3N6O5/c1-32(2,46)21-15-24-25(16-23(21)39-30(45)22-6-3-7-26(38-22)33(34,35)36)47-31(40-24)18-10-13-42(14-11-18)17-19-5-4-12-37-28(19)20-8-9-27(43)41-29(20)44/h3-7,12,15-16,18,20,46H,8-11,13-14,17H2,1-2H3,(H,39,45)(H,41,43,44). The lowest BCUT2D eigenvalue weighted by Gasteiger charge is -2.31. The van der Waals surface area contributed by atoms with Gasteiger partial charge in [0.15, 0.2) is 11.5 Å². The number of piperidine rings is 2. The van der Waals surface area contributed by atoms with E-state index in [0.29, 0.717) is 41.2 Å². The highest BCUT2D eigenvalue weighted by atomic mass is 19.4. The van der Waals surface area contributed by atoms with E-state index in [9.17, 15) is 32.7 Å². The molecule has 6 rings (SSSR count). The lowest BCUT2D eigenvalue weighted by Crippen LogP contribution is -2.40. The SMILES string of the molecule is CC(C)(O)c1cc2nc(C3CCN(Cc4cccnc4C4CCC(=O)NC4=O)CC3)oc2cc1NC(=O)c1cccc(C(F)(F)F)n1. The van der Waals surface area contributed by atoms with Gasteiger partial charge in [0.1, 0.15) is 16.9 Å². The number of aromatic nitrogens is 3. The van der Waals surface area contributed by atoms with Crippen molar-refractivity contribution in [2.75, 3.05) is 18.4 Å². The van der Waals surface area contributed by atoms with Crippen LogP contribution >= 0.6 is 0 Å². The van der Waals surface area contributed by atoms with Gasteiger partial charge in [0.05, 0.1) is 22.9 Å². The minimum atomic E-state index is -4.71. The highest BCUT2D eigenvalue weighted by Crippen LogP contribution is 2.36. The van der Waals surface area contributed by atoms with Crippen LogP contribution < -0.4 is 10.6 Å². The number of rotatable bonds is 7. The van der Waals surface area contributed by atoms with Gasteiger partial charge in [0, 0.05) is 36.7 Å². The summed E-state index contributed by atoms with van der Waals surface area (Å²) in [5.74, 6) is -1.42. The van der Waals surface area contributed by atoms with Crippen molar-refractivity contribution in [3.05, 3.63) is 82.8 Å². The molecule has 1 atom stereocenters. The maximum absolute atomic E-state index is 13.2. The number of carbonyl (C=O) groups excluding carboxylic acids is 3. The monoisotopic (exact) mass is 650 g/mol. The van der Waals surface area contributed by atoms with E-state index in [1.54, 1.807) is 12.3 Å². The first-order valence-corrected chi connectivity index (χ1v) is 15.3. The van der Waals surface area contributed by atoms with Crippen molar-refractivity contribution in [2.45, 2.75) is 69.7 Å². The van der Waals surface area contributed by atoms with Gasteiger partial charge in [-0.3, -0.25) is 29.6 Å². The van der Waals surface area contributed by atoms with Gasteiger partial charge in [-0.15, -0.1) is 0 Å². The predicted octanol–water partition coefficient (Wildman–Crippen LogP) is 5.02. The first kappa shape index (κ1) is 32.3. The molecule has 1 unspecified atom stereocenters. The number of imide groups is 1. The molecule has 47 heavy (non-hydrogen) atoms. The molecule has 4 aromatic rings. The Bertz CT molecular complexity index is 1840. The van der Waals surface area contributed by atoms with E-state index in [1.807, 2.05) is 12.1 Å². The van der Waals surface area contributed by atoms with Crippen molar-refractivity contribution >= 4 is 34.5 Å². The summed E-state index contributed by atoms with van der Waals surface area (Å²) in [5.41, 5.74) is -0.123. The van der Waals surface area contributed by atoms with E-state index in [1.165, 1.54) is 26.0 Å². The summed E-state index contributed by atoms with van der Waals surface area (Å²) in [7, 11) is 0. The Morgan fingerprint density at radius 1 is 1.09 bits per heavy atom. The molecule has 0 radical (unpaired) electrons. The van der Waals surface area contributed by atoms with Gasteiger partial charge in [-0.05, 0) is 76.0 Å². The van der Waals surface area contributed by atoms with Gasteiger partial charge >= 0.3 is 6.18 Å². The van der Waals surface area contributed by atoms with Crippen LogP contribution in [0.15, 0.2) is 53.1 Å². The van der Waals surface area contributed by atoms with E-state index in [0.717, 1.165) is 43.6 Å². The Labute approximate surface area is 267 Å². The van der Waals surface area contributed by atoms with Gasteiger partial charge in [0.25, 0.3) is 5.91 Å². The number of alkyl halides is 3. The molecule has 3 aromatic heterocycles. The number of likely N-dealkylation sites (tertiary alicyclic amines) is 1. The van der Waals surface area contributed by atoms with E-state index in [4.69, 9.17) is 9.40 Å². The number of halogens is 3. The molecular formula is C33H33F3N6O5. The average Bonchev–Trinajstić information content (AvgIpc) is 3.44. The minimum Gasteiger partial charge on any atom is -0.440 e. The number of fused-ring (bicyclic) bond motifs is 1. The largest absolute Gasteiger partial charge is 0.440 e. The Morgan fingerprint density at radius 3 is 2.55 bits per heavy atom. The molecule has 0 bridgehead atoms. The predicted molar refractivity (Wildman–Crippen MR) is 163 cm³/mol. The van der Waals surface area contributed by atoms with Gasteiger partial charge in [-0.25, -0.2) is 9.97 Å². The summed E-state index contributed by atoms with van der Waals surface area (Å²) in [6.07, 6.45) is -0.868. The molecule has 2 saturated heterocycles. The van der Waals surface area contributed by atoms with Crippen LogP contribution in [0.3, 0.4) is 0 Å². The van der Waals surface area contributed by atoms with Gasteiger partial charge in [-0.1, -0.05) is 12.1 Å². The minimum absolute atomic E-state index is 0.0000830. The third-order valence-electron chi connectivity index (χ3n) is 8.55. The molecule has 0 aliphatic carbocycles. The molecule has 246 valence electrons. The van der Waals surface area contributed by atoms with Crippen LogP contribution in [0.25, 0.3) is 11.1 Å². The molecular weight excluding hydrogens is 617 g/mol. The molecule has 1 aromatic carbocycles. The quantitative estimate of drug-likeness (QED) is 0.235. The van der Waals surface area contributed by atoms with E-state index in [2.05, 4.69) is 25.5 Å². The number of nitrogens with zero attached hydrogens (tertiary/aromatic N) is 4. The van der Waals surface area contributed by atoms with Crippen molar-refractivity contribution in [3.8, 4) is 0 Å². The van der Waals surface area contributed by atoms with E-state index >= 15 is 0 Å². The van der Waals surface area contributed by atoms with Gasteiger partial charge in [-0.2, -0.15) is 13.2 Å². The van der Waals surface area contributed by atoms with Crippen LogP contribution in [0.1, 0.15) is 90.3 Å². The smallest absolute Gasteiger partial charge is 0.433 e. The van der Waals surface area contributed by atoms with Crippen molar-refractivity contribution < 1.29 is 37.1 Å². The fourth-order valence-corrected chi connectivity index (χ4v) is 6.11. The summed E-state index contributed by atoms with van der Waals surface area (Å²) in [6, 6.07) is 9.97. The maximum atomic E-state index is 13.2. The Kier molecular flexibility index (Phi) is 8.57. The lowest BCUT2D eigenvalue weighted by atomic mass is 9.90. The van der Waals surface area contributed by atoms with Crippen LogP contribution in [0.2, 0.25) is 0 Å². The lowest BCUT2D eigenvalue weighted by molar-refractivity contribution is -0.141. The highest BCUT2D eigenvalue weighted by Gasteiger charge is 2.34. The number of pyridine rings is 2. The molecule has 14 heteroatoms. The summed E-state index contributed by atoms with van der Waals surface area (Å²) in [5, 5.41) is 15.9. The second-order valence-corrected chi connectivity index (χ2v) is 12.4. The number of nitrogens with one attached hydrogen (secondary N) is 2. The number of carbonyl (C=O) groups is 3. The zero-order valence-corrected chi connectivity index (χ0v) is 25.7. The Balaban J connectivity index is 1.17. The average molecular weight is 651 g/mol. The van der Waals surface area contributed by atoms with Crippen molar-refractivity contribution in [1.82, 2.24) is 25.2 Å². The maximum Gasteiger partial charge on any atom is 0.433 e. The molecule has 2 fully saturated rings. The number of oxazole rings is 1. The van der Waals surface area contributed by atoms with Crippen molar-refractivity contribution in [3.63, 3.8) is 0 Å². The third kappa shape index (κ3) is 7.03. The summed E-state index contributed by atoms with van der Waals surface area (Å²) >= 11 is 0. The molecule has 11 nitrogen and oxygen atoms in total. The first-order chi connectivity index (χ1) is 22.3. The number of hydrogen-bond donors (Lipinski definition) is 3. The van der Waals surface area contributed by atoms with E-state index in [-0.39, 0.29) is 29.8 Å². The van der Waals surface area contributed by atoms with Crippen molar-refractivity contribution in [2.24, 2.45) is 0 Å². The zero-order chi connectivity index (χ0) is 33.5. The summed E-state index contributed by atoms with van der Waals surface area (Å²) in [6.45, 7) is 5.11. The fourth-order valence-electron chi connectivity index (χ4n) is 6.11. The van der Waals surface area contributed by atoms with E-state index < -0.39 is 35.0 Å². The number of benzene rings is 1. The van der Waals surface area contributed by atoms with Crippen LogP contribution in [0.5, 0.6) is 0 Å². The van der Waals surface area contributed by atoms with Crippen molar-refractivity contribution in [1.29, 1.82) is 0 Å². The van der Waals surface area contributed by atoms with Crippen LogP contribution in [0, 0.1) is 0 Å². The number of anilines is 1. The fraction of sp³-hybridized carbons (Fsp3) is 0.394. The van der Waals surface area contributed by atoms with Crippen LogP contribution in [0.4, 0.5) is 18.9 Å². The molecule has 3 amide bonds. The van der Waals surface area contributed by atoms with Crippen LogP contribution in [-0.2, 0) is 27.9 Å². The number of hydrogen-bond acceptors (Lipinski definition) is 9. The second-order valence-electron chi connectivity index (χ2n) is 12.4. The molecule has 0 saturated carbocycles. The molecule has 5 heterocycles. The first-order valence-electron chi connectivity index (χ1n) is 15.3. The van der Waals surface area contributed by atoms with Gasteiger partial charge in [0.2, 0.25) is 11.8 Å². The molecule has 0 spiro atoms. The topological polar surface area (TPSA) is 151 Å². The highest BCUT2D eigenvalue weighted by molar-refractivity contribution is 6.04. The second kappa shape index (κ2) is 12.5. The Hall–Kier alpha value is -4.69. The zero-order valence-electron chi connectivity index (χ0n) is 25.7. The Morgan fingerprint density at radius 2 is 1.85 bits per heavy atom. The molecule has 3 N–H and O–H groups in total. The third-order valence-corrected chi connectivity index (χ3v) is 8.55. The normalized spacial score (nSPS) is 18.4. The van der Waals surface area contributed by atoms with Crippen LogP contribution in [-0.4, -0.2) is 55.8 Å². The number of aliphatic hydroxyl groups is 1. The molecule has 2 aliphatic rings. The summed E-state index contributed by atoms with van der Waals surface area (Å²) < 4.78 is 45.6. The summed E-state index contributed by atoms with van der Waals surface area (Å²) in [4.78, 5) is 52.0.